The Morgan fingerprint density at radius 1 is 1.56 bits per heavy atom. The molecule has 1 aliphatic rings. The first-order valence-corrected chi connectivity index (χ1v) is 3.34. The Labute approximate surface area is 55.9 Å². The Morgan fingerprint density at radius 2 is 2.22 bits per heavy atom. The van der Waals surface area contributed by atoms with Crippen molar-refractivity contribution in [2.45, 2.75) is 26.9 Å². The second-order valence-corrected chi connectivity index (χ2v) is 2.59. The van der Waals surface area contributed by atoms with E-state index in [1.807, 2.05) is 0 Å². The lowest BCUT2D eigenvalue weighted by atomic mass is 10.0. The predicted octanol–water partition coefficient (Wildman–Crippen LogP) is 1.46. The highest BCUT2D eigenvalue weighted by atomic mass is 16.5. The van der Waals surface area contributed by atoms with Crippen molar-refractivity contribution in [2.75, 3.05) is 6.73 Å². The number of hydrogen-bond acceptors (Lipinski definition) is 2. The summed E-state index contributed by atoms with van der Waals surface area (Å²) in [5.41, 5.74) is 1.22. The number of rotatable bonds is 0. The largest absolute Gasteiger partial charge is 0.356 e. The Kier molecular flexibility index (Phi) is 1.86. The van der Waals surface area contributed by atoms with Crippen molar-refractivity contribution in [3.8, 4) is 0 Å². The molecular formula is C7H13NO. The van der Waals surface area contributed by atoms with Crippen molar-refractivity contribution >= 4 is 5.71 Å². The number of ether oxygens (including phenoxy) is 1. The predicted molar refractivity (Wildman–Crippen MR) is 37.7 cm³/mol. The summed E-state index contributed by atoms with van der Waals surface area (Å²) in [6.45, 7) is 6.84. The van der Waals surface area contributed by atoms with Crippen LogP contribution in [0.3, 0.4) is 0 Å². The molecule has 1 aliphatic heterocycles. The van der Waals surface area contributed by atoms with E-state index in [2.05, 4.69) is 25.8 Å². The van der Waals surface area contributed by atoms with Crippen LogP contribution in [0, 0.1) is 5.92 Å². The summed E-state index contributed by atoms with van der Waals surface area (Å²) < 4.78 is 5.27. The Balaban J connectivity index is 2.62. The van der Waals surface area contributed by atoms with E-state index in [1.54, 1.807) is 0 Å². The summed E-state index contributed by atoms with van der Waals surface area (Å²) in [5, 5.41) is 0. The van der Waals surface area contributed by atoms with E-state index >= 15 is 0 Å². The lowest BCUT2D eigenvalue weighted by Crippen LogP contribution is -2.28. The summed E-state index contributed by atoms with van der Waals surface area (Å²) in [4.78, 5) is 4.16. The third kappa shape index (κ3) is 1.30. The molecular weight excluding hydrogens is 114 g/mol. The number of aliphatic imine (C=N–C) groups is 1. The molecule has 1 rings (SSSR count). The van der Waals surface area contributed by atoms with Crippen LogP contribution < -0.4 is 0 Å². The fourth-order valence-electron chi connectivity index (χ4n) is 0.885. The molecule has 0 spiro atoms. The highest BCUT2D eigenvalue weighted by molar-refractivity contribution is 5.84. The second kappa shape index (κ2) is 2.48. The van der Waals surface area contributed by atoms with Crippen LogP contribution in [0.4, 0.5) is 0 Å². The molecule has 0 radical (unpaired) electrons. The van der Waals surface area contributed by atoms with Gasteiger partial charge < -0.3 is 4.74 Å². The monoisotopic (exact) mass is 127 g/mol. The van der Waals surface area contributed by atoms with Gasteiger partial charge in [-0.15, -0.1) is 0 Å². The highest BCUT2D eigenvalue weighted by Gasteiger charge is 2.18. The van der Waals surface area contributed by atoms with Crippen molar-refractivity contribution in [1.82, 2.24) is 0 Å². The number of hydrogen-bond donors (Lipinski definition) is 0. The maximum Gasteiger partial charge on any atom is 0.137 e. The minimum atomic E-state index is 0.350. The summed E-state index contributed by atoms with van der Waals surface area (Å²) in [5.74, 6) is 0.499. The minimum absolute atomic E-state index is 0.350. The fourth-order valence-corrected chi connectivity index (χ4v) is 0.885. The van der Waals surface area contributed by atoms with Crippen LogP contribution in [0.2, 0.25) is 0 Å². The van der Waals surface area contributed by atoms with Crippen LogP contribution in [-0.4, -0.2) is 18.5 Å². The van der Waals surface area contributed by atoms with E-state index in [-0.39, 0.29) is 0 Å². The molecule has 2 heteroatoms. The Bertz CT molecular complexity index is 131. The van der Waals surface area contributed by atoms with Gasteiger partial charge in [0.25, 0.3) is 0 Å². The lowest BCUT2D eigenvalue weighted by Gasteiger charge is -2.24. The molecule has 1 heterocycles. The fraction of sp³-hybridized carbons (Fsp3) is 0.857. The van der Waals surface area contributed by atoms with Gasteiger partial charge in [0.2, 0.25) is 0 Å². The van der Waals surface area contributed by atoms with E-state index in [4.69, 9.17) is 4.74 Å². The number of nitrogens with zero attached hydrogens (tertiary/aromatic N) is 1. The molecule has 0 saturated heterocycles. The molecule has 0 aromatic rings. The maximum absolute atomic E-state index is 5.27. The zero-order valence-electron chi connectivity index (χ0n) is 6.22. The van der Waals surface area contributed by atoms with Gasteiger partial charge in [-0.1, -0.05) is 6.92 Å². The van der Waals surface area contributed by atoms with Crippen LogP contribution in [0.5, 0.6) is 0 Å². The van der Waals surface area contributed by atoms with Gasteiger partial charge >= 0.3 is 0 Å². The molecule has 0 amide bonds. The zero-order valence-corrected chi connectivity index (χ0v) is 6.22. The summed E-state index contributed by atoms with van der Waals surface area (Å²) in [6.07, 6.45) is 0.350. The molecule has 0 fully saturated rings. The van der Waals surface area contributed by atoms with Gasteiger partial charge in [-0.25, -0.2) is 0 Å². The van der Waals surface area contributed by atoms with Crippen LogP contribution in [-0.2, 0) is 4.74 Å². The van der Waals surface area contributed by atoms with Crippen molar-refractivity contribution in [1.29, 1.82) is 0 Å². The average Bonchev–Trinajstić information content (AvgIpc) is 1.83. The van der Waals surface area contributed by atoms with Crippen molar-refractivity contribution in [2.24, 2.45) is 10.9 Å². The minimum Gasteiger partial charge on any atom is -0.356 e. The summed E-state index contributed by atoms with van der Waals surface area (Å²) in [7, 11) is 0. The molecule has 0 saturated carbocycles. The molecule has 2 nitrogen and oxygen atoms in total. The van der Waals surface area contributed by atoms with E-state index in [0.29, 0.717) is 18.8 Å². The van der Waals surface area contributed by atoms with Gasteiger partial charge in [-0.05, 0) is 13.8 Å². The van der Waals surface area contributed by atoms with Gasteiger partial charge in [0.1, 0.15) is 6.73 Å². The molecule has 0 aromatic carbocycles. The van der Waals surface area contributed by atoms with Crippen molar-refractivity contribution < 1.29 is 4.74 Å². The molecule has 52 valence electrons. The first-order chi connectivity index (χ1) is 4.22. The molecule has 2 atom stereocenters. The molecule has 0 aliphatic carbocycles. The van der Waals surface area contributed by atoms with Gasteiger partial charge in [0, 0.05) is 11.6 Å². The smallest absolute Gasteiger partial charge is 0.137 e. The van der Waals surface area contributed by atoms with Crippen LogP contribution in [0.15, 0.2) is 4.99 Å². The SMILES string of the molecule is CC1=NCOC(C)C1C. The van der Waals surface area contributed by atoms with Crippen molar-refractivity contribution in [3.63, 3.8) is 0 Å². The third-order valence-electron chi connectivity index (χ3n) is 2.01. The molecule has 9 heavy (non-hydrogen) atoms. The van der Waals surface area contributed by atoms with E-state index < -0.39 is 0 Å². The first kappa shape index (κ1) is 6.75. The zero-order chi connectivity index (χ0) is 6.85. The Hall–Kier alpha value is -0.370. The van der Waals surface area contributed by atoms with E-state index in [0.717, 1.165) is 0 Å². The summed E-state index contributed by atoms with van der Waals surface area (Å²) >= 11 is 0. The second-order valence-electron chi connectivity index (χ2n) is 2.59. The van der Waals surface area contributed by atoms with Crippen LogP contribution in [0.1, 0.15) is 20.8 Å². The van der Waals surface area contributed by atoms with Crippen LogP contribution >= 0.6 is 0 Å². The first-order valence-electron chi connectivity index (χ1n) is 3.34. The normalized spacial score (nSPS) is 36.1. The van der Waals surface area contributed by atoms with E-state index in [1.165, 1.54) is 5.71 Å². The molecule has 0 aromatic heterocycles. The van der Waals surface area contributed by atoms with E-state index in [9.17, 15) is 0 Å². The van der Waals surface area contributed by atoms with Crippen molar-refractivity contribution in [3.05, 3.63) is 0 Å². The highest BCUT2D eigenvalue weighted by Crippen LogP contribution is 2.13. The van der Waals surface area contributed by atoms with Gasteiger partial charge in [0.05, 0.1) is 6.10 Å². The standard InChI is InChI=1S/C7H13NO/c1-5-6(2)8-4-9-7(5)3/h5,7H,4H2,1-3H3. The van der Waals surface area contributed by atoms with Gasteiger partial charge in [0.15, 0.2) is 0 Å². The quantitative estimate of drug-likeness (QED) is 0.482. The van der Waals surface area contributed by atoms with Gasteiger partial charge in [-0.3, -0.25) is 4.99 Å². The molecule has 0 N–H and O–H groups in total. The average molecular weight is 127 g/mol. The maximum atomic E-state index is 5.27. The van der Waals surface area contributed by atoms with Gasteiger partial charge in [-0.2, -0.15) is 0 Å². The lowest BCUT2D eigenvalue weighted by molar-refractivity contribution is 0.0419. The molecule has 2 unspecified atom stereocenters. The Morgan fingerprint density at radius 3 is 2.67 bits per heavy atom. The summed E-state index contributed by atoms with van der Waals surface area (Å²) in [6, 6.07) is 0. The topological polar surface area (TPSA) is 21.6 Å². The van der Waals surface area contributed by atoms with Crippen LogP contribution in [0.25, 0.3) is 0 Å². The third-order valence-corrected chi connectivity index (χ3v) is 2.01. The molecule has 0 bridgehead atoms.